The zero-order chi connectivity index (χ0) is 5.98. The molecule has 1 rings (SSSR count). The molecule has 2 N–H and O–H groups in total. The van der Waals surface area contributed by atoms with E-state index in [-0.39, 0.29) is 11.8 Å². The van der Waals surface area contributed by atoms with Crippen LogP contribution in [0.15, 0.2) is 12.1 Å². The first-order valence-electron chi connectivity index (χ1n) is 2.05. The van der Waals surface area contributed by atoms with Crippen molar-refractivity contribution < 1.29 is 10.2 Å². The monoisotopic (exact) mass is 110 g/mol. The van der Waals surface area contributed by atoms with Crippen LogP contribution >= 0.6 is 0 Å². The molecule has 1 aromatic heterocycles. The van der Waals surface area contributed by atoms with Crippen molar-refractivity contribution in [3.8, 4) is 11.8 Å². The van der Waals surface area contributed by atoms with Gasteiger partial charge in [0.2, 0.25) is 11.8 Å². The quantitative estimate of drug-likeness (QED) is 0.504. The smallest absolute Gasteiger partial charge is 0.214 e. The van der Waals surface area contributed by atoms with Gasteiger partial charge >= 0.3 is 0 Å². The molecule has 3 nitrogen and oxygen atoms in total. The van der Waals surface area contributed by atoms with Crippen molar-refractivity contribution in [1.82, 2.24) is 4.98 Å². The predicted molar refractivity (Wildman–Crippen MR) is 26.4 cm³/mol. The molecule has 0 aliphatic rings. The van der Waals surface area contributed by atoms with E-state index >= 15 is 0 Å². The van der Waals surface area contributed by atoms with E-state index in [1.165, 1.54) is 12.1 Å². The van der Waals surface area contributed by atoms with Crippen LogP contribution in [0.5, 0.6) is 11.8 Å². The third kappa shape index (κ3) is 0.872. The van der Waals surface area contributed by atoms with E-state index in [1.54, 1.807) is 0 Å². The summed E-state index contributed by atoms with van der Waals surface area (Å²) in [6, 6.07) is 4.99. The van der Waals surface area contributed by atoms with Crippen molar-refractivity contribution in [2.24, 2.45) is 0 Å². The van der Waals surface area contributed by atoms with Gasteiger partial charge in [0.15, 0.2) is 0 Å². The first-order valence-corrected chi connectivity index (χ1v) is 2.05. The Morgan fingerprint density at radius 1 is 1.25 bits per heavy atom. The van der Waals surface area contributed by atoms with Crippen LogP contribution in [0.1, 0.15) is 0 Å². The van der Waals surface area contributed by atoms with E-state index in [4.69, 9.17) is 10.2 Å². The van der Waals surface area contributed by atoms with Crippen LogP contribution in [-0.4, -0.2) is 15.2 Å². The van der Waals surface area contributed by atoms with Gasteiger partial charge in [-0.3, -0.25) is 0 Å². The molecule has 8 heavy (non-hydrogen) atoms. The fourth-order valence-corrected chi connectivity index (χ4v) is 0.373. The molecule has 3 heteroatoms. The summed E-state index contributed by atoms with van der Waals surface area (Å²) in [6.45, 7) is 0. The third-order valence-electron chi connectivity index (χ3n) is 0.654. The van der Waals surface area contributed by atoms with Crippen LogP contribution in [0.3, 0.4) is 0 Å². The number of hydrogen-bond acceptors (Lipinski definition) is 3. The summed E-state index contributed by atoms with van der Waals surface area (Å²) in [7, 11) is 0. The standard InChI is InChI=1S/C5H4NO2/c7-4-2-1-3-5(8)6-4/h2-3H,(H2,6,7,8). The lowest BCUT2D eigenvalue weighted by Crippen LogP contribution is -1.71. The van der Waals surface area contributed by atoms with Gasteiger partial charge in [-0.15, -0.1) is 0 Å². The molecule has 0 unspecified atom stereocenters. The van der Waals surface area contributed by atoms with Crippen LogP contribution in [0.2, 0.25) is 0 Å². The highest BCUT2D eigenvalue weighted by atomic mass is 16.3. The summed E-state index contributed by atoms with van der Waals surface area (Å²) in [5.74, 6) is -0.435. The predicted octanol–water partition coefficient (Wildman–Crippen LogP) is 0.293. The summed E-state index contributed by atoms with van der Waals surface area (Å²) >= 11 is 0. The van der Waals surface area contributed by atoms with Crippen LogP contribution in [0.4, 0.5) is 0 Å². The molecule has 0 amide bonds. The molecule has 1 aromatic rings. The average Bonchev–Trinajstić information content (AvgIpc) is 1.64. The van der Waals surface area contributed by atoms with Gasteiger partial charge in [-0.1, -0.05) is 0 Å². The van der Waals surface area contributed by atoms with Crippen molar-refractivity contribution >= 4 is 0 Å². The minimum atomic E-state index is -0.218. The normalized spacial score (nSPS) is 9.00. The van der Waals surface area contributed by atoms with Crippen LogP contribution in [0.25, 0.3) is 0 Å². The van der Waals surface area contributed by atoms with Crippen molar-refractivity contribution in [3.63, 3.8) is 0 Å². The van der Waals surface area contributed by atoms with E-state index in [0.717, 1.165) is 0 Å². The maximum atomic E-state index is 8.51. The number of pyridine rings is 1. The molecule has 1 radical (unpaired) electrons. The minimum Gasteiger partial charge on any atom is -0.493 e. The lowest BCUT2D eigenvalue weighted by Gasteiger charge is -1.87. The second-order valence-corrected chi connectivity index (χ2v) is 1.28. The van der Waals surface area contributed by atoms with E-state index in [1.807, 2.05) is 0 Å². The summed E-state index contributed by atoms with van der Waals surface area (Å²) in [5.41, 5.74) is 0. The van der Waals surface area contributed by atoms with E-state index < -0.39 is 0 Å². The van der Waals surface area contributed by atoms with Crippen molar-refractivity contribution in [1.29, 1.82) is 0 Å². The Morgan fingerprint density at radius 3 is 2.00 bits per heavy atom. The zero-order valence-electron chi connectivity index (χ0n) is 4.00. The van der Waals surface area contributed by atoms with E-state index in [9.17, 15) is 0 Å². The molecule has 0 saturated carbocycles. The number of aromatic hydroxyl groups is 2. The average molecular weight is 110 g/mol. The maximum absolute atomic E-state index is 8.51. The van der Waals surface area contributed by atoms with Gasteiger partial charge in [-0.25, -0.2) is 0 Å². The fraction of sp³-hybridized carbons (Fsp3) is 0. The molecule has 0 fully saturated rings. The van der Waals surface area contributed by atoms with E-state index in [0.29, 0.717) is 0 Å². The number of hydrogen-bond donors (Lipinski definition) is 2. The lowest BCUT2D eigenvalue weighted by molar-refractivity contribution is 0.413. The molecule has 0 bridgehead atoms. The zero-order valence-corrected chi connectivity index (χ0v) is 4.00. The third-order valence-corrected chi connectivity index (χ3v) is 0.654. The highest BCUT2D eigenvalue weighted by Gasteiger charge is 1.87. The summed E-state index contributed by atoms with van der Waals surface area (Å²) in [4.78, 5) is 3.25. The van der Waals surface area contributed by atoms with Crippen molar-refractivity contribution in [2.75, 3.05) is 0 Å². The molecule has 41 valence electrons. The molecular weight excluding hydrogens is 106 g/mol. The molecule has 0 saturated heterocycles. The van der Waals surface area contributed by atoms with Gasteiger partial charge in [0.1, 0.15) is 0 Å². The van der Waals surface area contributed by atoms with Gasteiger partial charge in [0.05, 0.1) is 0 Å². The molecule has 0 atom stereocenters. The molecule has 1 heterocycles. The first-order chi connectivity index (χ1) is 3.79. The summed E-state index contributed by atoms with van der Waals surface area (Å²) in [6.07, 6.45) is 0. The first kappa shape index (κ1) is 4.90. The Bertz CT molecular complexity index is 170. The van der Waals surface area contributed by atoms with Gasteiger partial charge in [-0.05, 0) is 6.07 Å². The fourth-order valence-electron chi connectivity index (χ4n) is 0.373. The van der Waals surface area contributed by atoms with Gasteiger partial charge in [0.25, 0.3) is 0 Å². The van der Waals surface area contributed by atoms with Gasteiger partial charge in [0, 0.05) is 12.1 Å². The number of aromatic nitrogens is 1. The highest BCUT2D eigenvalue weighted by Crippen LogP contribution is 2.07. The van der Waals surface area contributed by atoms with Gasteiger partial charge in [-0.2, -0.15) is 4.98 Å². The van der Waals surface area contributed by atoms with E-state index in [2.05, 4.69) is 11.1 Å². The summed E-state index contributed by atoms with van der Waals surface area (Å²) < 4.78 is 0. The Morgan fingerprint density at radius 2 is 1.75 bits per heavy atom. The van der Waals surface area contributed by atoms with Crippen molar-refractivity contribution in [2.45, 2.75) is 0 Å². The molecule has 0 spiro atoms. The Balaban J connectivity index is 3.08. The molecule has 0 aliphatic carbocycles. The topological polar surface area (TPSA) is 53.4 Å². The van der Waals surface area contributed by atoms with Crippen LogP contribution in [-0.2, 0) is 0 Å². The second-order valence-electron chi connectivity index (χ2n) is 1.28. The Kier molecular flexibility index (Phi) is 1.04. The van der Waals surface area contributed by atoms with Crippen LogP contribution < -0.4 is 0 Å². The number of rotatable bonds is 0. The molecule has 0 aromatic carbocycles. The number of nitrogens with zero attached hydrogens (tertiary/aromatic N) is 1. The maximum Gasteiger partial charge on any atom is 0.214 e. The lowest BCUT2D eigenvalue weighted by atomic mass is 10.5. The van der Waals surface area contributed by atoms with Crippen molar-refractivity contribution in [3.05, 3.63) is 18.2 Å². The SMILES string of the molecule is Oc1c[c]cc(O)n1. The highest BCUT2D eigenvalue weighted by molar-refractivity contribution is 5.15. The molecular formula is C5H4NO2. The second kappa shape index (κ2) is 1.69. The van der Waals surface area contributed by atoms with Gasteiger partial charge < -0.3 is 10.2 Å². The Labute approximate surface area is 46.2 Å². The largest absolute Gasteiger partial charge is 0.493 e. The minimum absolute atomic E-state index is 0.218. The van der Waals surface area contributed by atoms with Crippen LogP contribution in [0, 0.1) is 6.07 Å². The summed E-state index contributed by atoms with van der Waals surface area (Å²) in [5, 5.41) is 17.0. The molecule has 0 aliphatic heterocycles. The Hall–Kier alpha value is -1.25.